The Labute approximate surface area is 224 Å². The lowest BCUT2D eigenvalue weighted by Crippen LogP contribution is -2.20. The van der Waals surface area contributed by atoms with Crippen molar-refractivity contribution in [2.45, 2.75) is 6.61 Å². The first kappa shape index (κ1) is 23.8. The summed E-state index contributed by atoms with van der Waals surface area (Å²) in [6.45, 7) is 0.0386. The van der Waals surface area contributed by atoms with E-state index in [0.29, 0.717) is 39.1 Å². The molecule has 0 aliphatic rings. The predicted molar refractivity (Wildman–Crippen MR) is 149 cm³/mol. The van der Waals surface area contributed by atoms with E-state index in [1.165, 1.54) is 17.0 Å². The molecular formula is C30H19BrFN3O3. The van der Waals surface area contributed by atoms with Crippen molar-refractivity contribution >= 4 is 44.0 Å². The number of nitrogens with zero attached hydrogens (tertiary/aromatic N) is 3. The molecule has 6 rings (SSSR count). The van der Waals surface area contributed by atoms with Crippen LogP contribution in [0.5, 0.6) is 5.75 Å². The van der Waals surface area contributed by atoms with Gasteiger partial charge in [0.1, 0.15) is 23.8 Å². The van der Waals surface area contributed by atoms with Crippen molar-refractivity contribution in [2.75, 3.05) is 0 Å². The lowest BCUT2D eigenvalue weighted by Gasteiger charge is -2.11. The zero-order valence-corrected chi connectivity index (χ0v) is 21.4. The Morgan fingerprint density at radius 1 is 0.974 bits per heavy atom. The van der Waals surface area contributed by atoms with Gasteiger partial charge >= 0.3 is 0 Å². The summed E-state index contributed by atoms with van der Waals surface area (Å²) >= 11 is 3.47. The van der Waals surface area contributed by atoms with Crippen LogP contribution in [0.1, 0.15) is 11.1 Å². The Morgan fingerprint density at radius 2 is 1.76 bits per heavy atom. The lowest BCUT2D eigenvalue weighted by molar-refractivity contribution is 0.299. The fourth-order valence-corrected chi connectivity index (χ4v) is 4.50. The average molecular weight is 568 g/mol. The van der Waals surface area contributed by atoms with Gasteiger partial charge in [-0.2, -0.15) is 9.78 Å². The molecule has 2 heterocycles. The third-order valence-electron chi connectivity index (χ3n) is 6.02. The van der Waals surface area contributed by atoms with Gasteiger partial charge in [0.15, 0.2) is 5.76 Å². The Bertz CT molecular complexity index is 1860. The van der Waals surface area contributed by atoms with Crippen LogP contribution in [0, 0.1) is 5.82 Å². The minimum absolute atomic E-state index is 0.0386. The number of fused-ring (bicyclic) bond motifs is 2. The molecule has 2 aromatic heterocycles. The number of hydrogen-bond donors (Lipinski definition) is 0. The maximum Gasteiger partial charge on any atom is 0.282 e. The largest absolute Gasteiger partial charge is 0.488 e. The molecule has 0 spiro atoms. The van der Waals surface area contributed by atoms with E-state index in [-0.39, 0.29) is 23.8 Å². The molecule has 38 heavy (non-hydrogen) atoms. The summed E-state index contributed by atoms with van der Waals surface area (Å²) < 4.78 is 28.1. The zero-order valence-electron chi connectivity index (χ0n) is 19.8. The van der Waals surface area contributed by atoms with Crippen molar-refractivity contribution in [3.8, 4) is 17.3 Å². The van der Waals surface area contributed by atoms with Crippen molar-refractivity contribution < 1.29 is 13.5 Å². The van der Waals surface area contributed by atoms with Crippen LogP contribution in [0.25, 0.3) is 33.5 Å². The van der Waals surface area contributed by atoms with Gasteiger partial charge in [0.05, 0.1) is 17.1 Å². The molecule has 0 aliphatic heterocycles. The molecule has 186 valence electrons. The van der Waals surface area contributed by atoms with Gasteiger partial charge in [0.25, 0.3) is 5.56 Å². The molecule has 6 nitrogen and oxygen atoms in total. The Hall–Kier alpha value is -4.56. The Kier molecular flexibility index (Phi) is 6.31. The van der Waals surface area contributed by atoms with Gasteiger partial charge in [-0.25, -0.2) is 9.37 Å². The van der Waals surface area contributed by atoms with Gasteiger partial charge in [-0.15, -0.1) is 0 Å². The monoisotopic (exact) mass is 567 g/mol. The molecular weight excluding hydrogens is 549 g/mol. The first-order valence-corrected chi connectivity index (χ1v) is 12.6. The van der Waals surface area contributed by atoms with Gasteiger partial charge < -0.3 is 9.15 Å². The topological polar surface area (TPSA) is 69.6 Å². The van der Waals surface area contributed by atoms with Crippen LogP contribution in [0.4, 0.5) is 4.39 Å². The van der Waals surface area contributed by atoms with Crippen molar-refractivity contribution in [1.82, 2.24) is 9.66 Å². The third kappa shape index (κ3) is 4.62. The average Bonchev–Trinajstić information content (AvgIpc) is 3.37. The molecule has 0 unspecified atom stereocenters. The van der Waals surface area contributed by atoms with Crippen LogP contribution in [-0.2, 0) is 6.61 Å². The molecule has 4 aromatic carbocycles. The third-order valence-corrected chi connectivity index (χ3v) is 6.52. The van der Waals surface area contributed by atoms with Crippen molar-refractivity contribution in [1.29, 1.82) is 0 Å². The Balaban J connectivity index is 1.44. The summed E-state index contributed by atoms with van der Waals surface area (Å²) in [4.78, 5) is 18.3. The van der Waals surface area contributed by atoms with Gasteiger partial charge in [-0.05, 0) is 48.5 Å². The van der Waals surface area contributed by atoms with E-state index >= 15 is 0 Å². The second-order valence-electron chi connectivity index (χ2n) is 8.52. The number of rotatable bonds is 6. The van der Waals surface area contributed by atoms with E-state index in [1.54, 1.807) is 48.5 Å². The second-order valence-corrected chi connectivity index (χ2v) is 9.44. The number of aromatic nitrogens is 2. The van der Waals surface area contributed by atoms with Gasteiger partial charge in [-0.3, -0.25) is 4.79 Å². The van der Waals surface area contributed by atoms with E-state index in [0.717, 1.165) is 9.86 Å². The number of halogens is 2. The summed E-state index contributed by atoms with van der Waals surface area (Å²) in [6.07, 6.45) is 1.52. The molecule has 0 atom stereocenters. The summed E-state index contributed by atoms with van der Waals surface area (Å²) in [5.41, 5.74) is 1.89. The number of benzene rings is 4. The van der Waals surface area contributed by atoms with Gasteiger partial charge in [-0.1, -0.05) is 64.5 Å². The predicted octanol–water partition coefficient (Wildman–Crippen LogP) is 7.17. The highest BCUT2D eigenvalue weighted by atomic mass is 79.9. The van der Waals surface area contributed by atoms with E-state index in [9.17, 15) is 9.18 Å². The molecule has 0 amide bonds. The van der Waals surface area contributed by atoms with Crippen LogP contribution in [0.2, 0.25) is 0 Å². The molecule has 6 aromatic rings. The molecule has 0 bridgehead atoms. The van der Waals surface area contributed by atoms with Crippen LogP contribution < -0.4 is 10.3 Å². The van der Waals surface area contributed by atoms with E-state index in [4.69, 9.17) is 14.1 Å². The highest BCUT2D eigenvalue weighted by Crippen LogP contribution is 2.28. The smallest absolute Gasteiger partial charge is 0.282 e. The van der Waals surface area contributed by atoms with Crippen LogP contribution >= 0.6 is 15.9 Å². The van der Waals surface area contributed by atoms with E-state index in [1.807, 2.05) is 42.5 Å². The summed E-state index contributed by atoms with van der Waals surface area (Å²) in [5.74, 6) is 0.817. The highest BCUT2D eigenvalue weighted by molar-refractivity contribution is 9.10. The number of furan rings is 1. The first-order valence-electron chi connectivity index (χ1n) is 11.8. The maximum absolute atomic E-state index is 14.1. The fourth-order valence-electron chi connectivity index (χ4n) is 4.12. The first-order chi connectivity index (χ1) is 18.6. The van der Waals surface area contributed by atoms with E-state index in [2.05, 4.69) is 21.0 Å². The lowest BCUT2D eigenvalue weighted by atomic mass is 10.2. The second kappa shape index (κ2) is 10.1. The summed E-state index contributed by atoms with van der Waals surface area (Å²) in [5, 5.41) is 5.84. The molecule has 8 heteroatoms. The van der Waals surface area contributed by atoms with Gasteiger partial charge in [0.2, 0.25) is 5.82 Å². The van der Waals surface area contributed by atoms with Gasteiger partial charge in [0, 0.05) is 21.0 Å². The molecule has 0 fully saturated rings. The fraction of sp³-hybridized carbons (Fsp3) is 0.0333. The van der Waals surface area contributed by atoms with Crippen LogP contribution in [0.3, 0.4) is 0 Å². The summed E-state index contributed by atoms with van der Waals surface area (Å²) in [7, 11) is 0. The molecule has 0 radical (unpaired) electrons. The highest BCUT2D eigenvalue weighted by Gasteiger charge is 2.16. The van der Waals surface area contributed by atoms with Crippen molar-refractivity contribution in [3.63, 3.8) is 0 Å². The number of ether oxygens (including phenoxy) is 1. The number of hydrogen-bond acceptors (Lipinski definition) is 5. The van der Waals surface area contributed by atoms with Crippen molar-refractivity contribution in [3.05, 3.63) is 129 Å². The molecule has 0 saturated carbocycles. The Morgan fingerprint density at radius 3 is 2.63 bits per heavy atom. The van der Waals surface area contributed by atoms with E-state index < -0.39 is 0 Å². The molecule has 0 saturated heterocycles. The van der Waals surface area contributed by atoms with Crippen LogP contribution in [-0.4, -0.2) is 15.9 Å². The number of para-hydroxylation sites is 2. The quantitative estimate of drug-likeness (QED) is 0.200. The SMILES string of the molecule is O=c1c2ccccc2nc(-c2cc3ccccc3o2)n1N=Cc1cc(Br)ccc1OCc1ccccc1F. The van der Waals surface area contributed by atoms with Crippen LogP contribution in [0.15, 0.2) is 116 Å². The minimum Gasteiger partial charge on any atom is -0.488 e. The molecule has 0 aliphatic carbocycles. The molecule has 0 N–H and O–H groups in total. The summed E-state index contributed by atoms with van der Waals surface area (Å²) in [6, 6.07) is 28.3. The van der Waals surface area contributed by atoms with Crippen molar-refractivity contribution in [2.24, 2.45) is 5.10 Å². The zero-order chi connectivity index (χ0) is 26.1. The standard InChI is InChI=1S/C30H19BrFN3O3/c31-22-13-14-26(37-18-20-8-1-4-10-24(20)32)21(15-22)17-33-35-29(28-16-19-7-2-6-12-27(19)38-28)34-25-11-5-3-9-23(25)30(35)36/h1-17H,18H2. The minimum atomic E-state index is -0.343. The maximum atomic E-state index is 14.1. The normalized spacial score (nSPS) is 11.5.